The molecule has 0 spiro atoms. The van der Waals surface area contributed by atoms with Gasteiger partial charge in [-0.25, -0.2) is 4.39 Å². The topological polar surface area (TPSA) is 29.1 Å². The van der Waals surface area contributed by atoms with Crippen molar-refractivity contribution in [2.45, 2.75) is 41.9 Å². The molecule has 0 fully saturated rings. The smallest absolute Gasteiger partial charge is 0.216 e. The Kier molecular flexibility index (Phi) is 5.01. The first-order valence-electron chi connectivity index (χ1n) is 7.93. The van der Waals surface area contributed by atoms with Crippen LogP contribution in [0.25, 0.3) is 0 Å². The van der Waals surface area contributed by atoms with Crippen molar-refractivity contribution in [3.63, 3.8) is 0 Å². The Morgan fingerprint density at radius 3 is 2.78 bits per heavy atom. The molecule has 1 aliphatic rings. The molecule has 0 radical (unpaired) electrons. The number of benzene rings is 2. The van der Waals surface area contributed by atoms with Crippen LogP contribution >= 0.6 is 11.8 Å². The van der Waals surface area contributed by atoms with Crippen LogP contribution in [0.3, 0.4) is 0 Å². The largest absolute Gasteiger partial charge is 0.356 e. The molecule has 0 saturated heterocycles. The van der Waals surface area contributed by atoms with Gasteiger partial charge in [0, 0.05) is 29.2 Å². The zero-order valence-corrected chi connectivity index (χ0v) is 14.0. The Bertz CT molecular complexity index is 702. The number of rotatable bonds is 4. The molecule has 1 amide bonds. The summed E-state index contributed by atoms with van der Waals surface area (Å²) in [7, 11) is 0. The minimum atomic E-state index is -0.143. The van der Waals surface area contributed by atoms with E-state index in [0.29, 0.717) is 6.54 Å². The highest BCUT2D eigenvalue weighted by Gasteiger charge is 2.24. The zero-order chi connectivity index (χ0) is 16.2. The maximum atomic E-state index is 14.7. The Hall–Kier alpha value is -1.81. The van der Waals surface area contributed by atoms with Crippen LogP contribution in [-0.2, 0) is 11.2 Å². The van der Waals surface area contributed by atoms with Gasteiger partial charge in [0.1, 0.15) is 5.82 Å². The molecule has 0 heterocycles. The van der Waals surface area contributed by atoms with E-state index in [0.717, 1.165) is 40.2 Å². The Morgan fingerprint density at radius 1 is 1.26 bits per heavy atom. The number of carbonyl (C=O) groups excluding carboxylic acids is 1. The van der Waals surface area contributed by atoms with Gasteiger partial charge in [-0.1, -0.05) is 30.0 Å². The first-order chi connectivity index (χ1) is 11.1. The van der Waals surface area contributed by atoms with Gasteiger partial charge in [-0.3, -0.25) is 4.79 Å². The molecule has 2 aromatic carbocycles. The number of aryl methyl sites for hydroxylation is 1. The standard InChI is InChI=1S/C19H20FNOS/c1-13(22)21-12-15-7-5-6-14-10-17(11-18(20)19(14)15)23-16-8-3-2-4-9-16/h2-4,8-11,15H,5-7,12H2,1H3,(H,21,22). The number of nitrogens with one attached hydrogen (secondary N) is 1. The van der Waals surface area contributed by atoms with Gasteiger partial charge in [0.25, 0.3) is 0 Å². The Balaban J connectivity index is 1.85. The molecule has 1 N–H and O–H groups in total. The second kappa shape index (κ2) is 7.18. The lowest BCUT2D eigenvalue weighted by Gasteiger charge is -2.26. The molecule has 0 bridgehead atoms. The summed E-state index contributed by atoms with van der Waals surface area (Å²) < 4.78 is 14.7. The molecule has 2 aromatic rings. The lowest BCUT2D eigenvalue weighted by Crippen LogP contribution is -2.28. The van der Waals surface area contributed by atoms with Crippen molar-refractivity contribution in [2.75, 3.05) is 6.54 Å². The molecule has 4 heteroatoms. The van der Waals surface area contributed by atoms with Crippen LogP contribution in [0.5, 0.6) is 0 Å². The third-order valence-electron chi connectivity index (χ3n) is 4.17. The molecule has 120 valence electrons. The second-order valence-electron chi connectivity index (χ2n) is 5.92. The van der Waals surface area contributed by atoms with E-state index in [2.05, 4.69) is 11.4 Å². The highest BCUT2D eigenvalue weighted by molar-refractivity contribution is 7.99. The summed E-state index contributed by atoms with van der Waals surface area (Å²) in [4.78, 5) is 13.2. The van der Waals surface area contributed by atoms with Gasteiger partial charge < -0.3 is 5.32 Å². The van der Waals surface area contributed by atoms with Crippen LogP contribution in [0.1, 0.15) is 36.8 Å². The molecular weight excluding hydrogens is 309 g/mol. The van der Waals surface area contributed by atoms with E-state index in [1.807, 2.05) is 30.3 Å². The number of halogens is 1. The van der Waals surface area contributed by atoms with Gasteiger partial charge in [-0.05, 0) is 54.7 Å². The second-order valence-corrected chi connectivity index (χ2v) is 7.07. The molecular formula is C19H20FNOS. The quantitative estimate of drug-likeness (QED) is 0.893. The highest BCUT2D eigenvalue weighted by Crippen LogP contribution is 2.37. The molecule has 0 saturated carbocycles. The third-order valence-corrected chi connectivity index (χ3v) is 5.15. The van der Waals surface area contributed by atoms with Crippen molar-refractivity contribution in [2.24, 2.45) is 0 Å². The Morgan fingerprint density at radius 2 is 2.04 bits per heavy atom. The van der Waals surface area contributed by atoms with Gasteiger partial charge in [-0.15, -0.1) is 0 Å². The molecule has 3 rings (SSSR count). The SMILES string of the molecule is CC(=O)NCC1CCCc2cc(Sc3ccccc3)cc(F)c21. The molecule has 0 aromatic heterocycles. The maximum absolute atomic E-state index is 14.7. The van der Waals surface area contributed by atoms with E-state index in [1.165, 1.54) is 6.92 Å². The van der Waals surface area contributed by atoms with Gasteiger partial charge >= 0.3 is 0 Å². The van der Waals surface area contributed by atoms with Gasteiger partial charge in [0.15, 0.2) is 0 Å². The van der Waals surface area contributed by atoms with Crippen LogP contribution in [0.4, 0.5) is 4.39 Å². The molecule has 1 atom stereocenters. The minimum absolute atomic E-state index is 0.0613. The van der Waals surface area contributed by atoms with Crippen LogP contribution in [-0.4, -0.2) is 12.5 Å². The molecule has 1 aliphatic carbocycles. The fourth-order valence-electron chi connectivity index (χ4n) is 3.15. The van der Waals surface area contributed by atoms with Crippen LogP contribution in [0.2, 0.25) is 0 Å². The number of hydrogen-bond acceptors (Lipinski definition) is 2. The average Bonchev–Trinajstić information content (AvgIpc) is 2.53. The summed E-state index contributed by atoms with van der Waals surface area (Å²) in [6, 6.07) is 13.7. The molecule has 0 aliphatic heterocycles. The van der Waals surface area contributed by atoms with E-state index in [1.54, 1.807) is 17.8 Å². The lowest BCUT2D eigenvalue weighted by molar-refractivity contribution is -0.119. The monoisotopic (exact) mass is 329 g/mol. The predicted molar refractivity (Wildman–Crippen MR) is 91.3 cm³/mol. The van der Waals surface area contributed by atoms with Crippen molar-refractivity contribution in [1.82, 2.24) is 5.32 Å². The summed E-state index contributed by atoms with van der Waals surface area (Å²) in [5.74, 6) is -0.122. The predicted octanol–water partition coefficient (Wildman–Crippen LogP) is 4.53. The number of fused-ring (bicyclic) bond motifs is 1. The summed E-state index contributed by atoms with van der Waals surface area (Å²) in [5.41, 5.74) is 1.88. The fraction of sp³-hybridized carbons (Fsp3) is 0.316. The fourth-order valence-corrected chi connectivity index (χ4v) is 4.08. The van der Waals surface area contributed by atoms with Crippen molar-refractivity contribution >= 4 is 17.7 Å². The summed E-state index contributed by atoms with van der Waals surface area (Å²) in [6.07, 6.45) is 2.87. The lowest BCUT2D eigenvalue weighted by atomic mass is 9.82. The van der Waals surface area contributed by atoms with Gasteiger partial charge in [-0.2, -0.15) is 0 Å². The summed E-state index contributed by atoms with van der Waals surface area (Å²) in [5, 5.41) is 2.83. The van der Waals surface area contributed by atoms with E-state index in [-0.39, 0.29) is 17.6 Å². The van der Waals surface area contributed by atoms with Gasteiger partial charge in [0.05, 0.1) is 0 Å². The number of hydrogen-bond donors (Lipinski definition) is 1. The Labute approximate surface area is 140 Å². The number of amides is 1. The maximum Gasteiger partial charge on any atom is 0.216 e. The average molecular weight is 329 g/mol. The molecule has 1 unspecified atom stereocenters. The number of carbonyl (C=O) groups is 1. The van der Waals surface area contributed by atoms with E-state index in [4.69, 9.17) is 0 Å². The van der Waals surface area contributed by atoms with Crippen molar-refractivity contribution in [3.05, 3.63) is 59.4 Å². The van der Waals surface area contributed by atoms with Crippen LogP contribution in [0.15, 0.2) is 52.3 Å². The molecule has 2 nitrogen and oxygen atoms in total. The van der Waals surface area contributed by atoms with E-state index >= 15 is 0 Å². The highest BCUT2D eigenvalue weighted by atomic mass is 32.2. The van der Waals surface area contributed by atoms with Crippen molar-refractivity contribution < 1.29 is 9.18 Å². The van der Waals surface area contributed by atoms with E-state index in [9.17, 15) is 9.18 Å². The van der Waals surface area contributed by atoms with Crippen LogP contribution < -0.4 is 5.32 Å². The van der Waals surface area contributed by atoms with Crippen LogP contribution in [0, 0.1) is 5.82 Å². The normalized spacial score (nSPS) is 16.7. The van der Waals surface area contributed by atoms with Gasteiger partial charge in [0.2, 0.25) is 5.91 Å². The third kappa shape index (κ3) is 3.94. The zero-order valence-electron chi connectivity index (χ0n) is 13.1. The van der Waals surface area contributed by atoms with E-state index < -0.39 is 0 Å². The summed E-state index contributed by atoms with van der Waals surface area (Å²) in [6.45, 7) is 2.02. The van der Waals surface area contributed by atoms with Crippen molar-refractivity contribution in [1.29, 1.82) is 0 Å². The summed E-state index contributed by atoms with van der Waals surface area (Å²) >= 11 is 1.58. The minimum Gasteiger partial charge on any atom is -0.356 e. The van der Waals surface area contributed by atoms with Crippen molar-refractivity contribution in [3.8, 4) is 0 Å². The first-order valence-corrected chi connectivity index (χ1v) is 8.75. The first kappa shape index (κ1) is 16.1. The molecule has 23 heavy (non-hydrogen) atoms.